The normalized spacial score (nSPS) is 11.2. The molecule has 5 rings (SSSR count). The number of aryl methyl sites for hydroxylation is 2. The summed E-state index contributed by atoms with van der Waals surface area (Å²) in [5.74, 6) is -0.706. The predicted molar refractivity (Wildman–Crippen MR) is 125 cm³/mol. The standard InChI is InChI=1S/C25H21FN6O/c1-15-23-18(13-20(17-9-5-4-6-10-17)28-24(23)31(3)30-15)25(33)29-21-14-27-32(16(21)2)22-12-8-7-11-19(22)26/h4-14H,1-3H3,(H,29,33). The Morgan fingerprint density at radius 1 is 1.03 bits per heavy atom. The molecule has 0 spiro atoms. The predicted octanol–water partition coefficient (Wildman–Crippen LogP) is 4.83. The van der Waals surface area contributed by atoms with Crippen LogP contribution in [0.2, 0.25) is 0 Å². The number of carbonyl (C=O) groups is 1. The van der Waals surface area contributed by atoms with Gasteiger partial charge in [-0.15, -0.1) is 0 Å². The van der Waals surface area contributed by atoms with Crippen LogP contribution in [0.5, 0.6) is 0 Å². The third-order valence-electron chi connectivity index (χ3n) is 5.62. The summed E-state index contributed by atoms with van der Waals surface area (Å²) < 4.78 is 17.4. The van der Waals surface area contributed by atoms with Crippen LogP contribution in [0.25, 0.3) is 28.0 Å². The highest BCUT2D eigenvalue weighted by molar-refractivity contribution is 6.13. The fourth-order valence-corrected chi connectivity index (χ4v) is 3.97. The highest BCUT2D eigenvalue weighted by Crippen LogP contribution is 2.28. The van der Waals surface area contributed by atoms with Crippen molar-refractivity contribution in [3.63, 3.8) is 0 Å². The number of rotatable bonds is 4. The lowest BCUT2D eigenvalue weighted by Gasteiger charge is -2.10. The third kappa shape index (κ3) is 3.55. The summed E-state index contributed by atoms with van der Waals surface area (Å²) in [7, 11) is 1.81. The van der Waals surface area contributed by atoms with Crippen LogP contribution in [0.3, 0.4) is 0 Å². The number of aromatic nitrogens is 5. The molecule has 0 radical (unpaired) electrons. The fraction of sp³-hybridized carbons (Fsp3) is 0.120. The quantitative estimate of drug-likeness (QED) is 0.434. The van der Waals surface area contributed by atoms with Crippen molar-refractivity contribution in [1.82, 2.24) is 24.5 Å². The molecule has 164 valence electrons. The number of benzene rings is 2. The maximum atomic E-state index is 14.3. The molecule has 3 aromatic heterocycles. The Balaban J connectivity index is 1.58. The summed E-state index contributed by atoms with van der Waals surface area (Å²) in [5.41, 5.74) is 4.80. The summed E-state index contributed by atoms with van der Waals surface area (Å²) in [6.07, 6.45) is 1.52. The lowest BCUT2D eigenvalue weighted by molar-refractivity contribution is 0.102. The van der Waals surface area contributed by atoms with Gasteiger partial charge in [0.25, 0.3) is 5.91 Å². The van der Waals surface area contributed by atoms with E-state index < -0.39 is 5.82 Å². The van der Waals surface area contributed by atoms with E-state index in [2.05, 4.69) is 15.5 Å². The number of halogens is 1. The van der Waals surface area contributed by atoms with E-state index in [1.54, 1.807) is 42.9 Å². The zero-order valence-corrected chi connectivity index (χ0v) is 18.4. The lowest BCUT2D eigenvalue weighted by atomic mass is 10.0. The van der Waals surface area contributed by atoms with Crippen molar-refractivity contribution in [3.05, 3.63) is 89.6 Å². The molecular formula is C25H21FN6O. The molecule has 1 amide bonds. The summed E-state index contributed by atoms with van der Waals surface area (Å²) in [4.78, 5) is 18.2. The largest absolute Gasteiger partial charge is 0.319 e. The van der Waals surface area contributed by atoms with Gasteiger partial charge in [0.2, 0.25) is 0 Å². The average Bonchev–Trinajstić information content (AvgIpc) is 3.32. The first kappa shape index (κ1) is 20.6. The minimum absolute atomic E-state index is 0.313. The van der Waals surface area contributed by atoms with Gasteiger partial charge in [-0.25, -0.2) is 14.1 Å². The Hall–Kier alpha value is -4.33. The van der Waals surface area contributed by atoms with Gasteiger partial charge in [0.1, 0.15) is 11.5 Å². The van der Waals surface area contributed by atoms with E-state index in [1.807, 2.05) is 37.3 Å². The summed E-state index contributed by atoms with van der Waals surface area (Å²) in [6, 6.07) is 17.8. The van der Waals surface area contributed by atoms with Crippen molar-refractivity contribution >= 4 is 22.6 Å². The molecule has 0 atom stereocenters. The molecule has 1 N–H and O–H groups in total. The van der Waals surface area contributed by atoms with Gasteiger partial charge in [-0.2, -0.15) is 10.2 Å². The minimum Gasteiger partial charge on any atom is -0.319 e. The fourth-order valence-electron chi connectivity index (χ4n) is 3.97. The van der Waals surface area contributed by atoms with Gasteiger partial charge in [0.15, 0.2) is 5.65 Å². The van der Waals surface area contributed by atoms with Crippen molar-refractivity contribution < 1.29 is 9.18 Å². The van der Waals surface area contributed by atoms with E-state index in [4.69, 9.17) is 4.98 Å². The summed E-state index contributed by atoms with van der Waals surface area (Å²) in [5, 5.41) is 12.4. The molecule has 0 aliphatic carbocycles. The Labute approximate surface area is 189 Å². The number of hydrogen-bond donors (Lipinski definition) is 1. The molecule has 7 nitrogen and oxygen atoms in total. The minimum atomic E-state index is -0.393. The summed E-state index contributed by atoms with van der Waals surface area (Å²) in [6.45, 7) is 3.63. The van der Waals surface area contributed by atoms with Gasteiger partial charge in [-0.3, -0.25) is 9.48 Å². The van der Waals surface area contributed by atoms with E-state index in [-0.39, 0.29) is 5.91 Å². The number of anilines is 1. The second-order valence-corrected chi connectivity index (χ2v) is 7.79. The Kier molecular flexibility index (Phi) is 4.97. The number of nitrogens with zero attached hydrogens (tertiary/aromatic N) is 5. The van der Waals surface area contributed by atoms with Gasteiger partial charge >= 0.3 is 0 Å². The Morgan fingerprint density at radius 2 is 1.76 bits per heavy atom. The van der Waals surface area contributed by atoms with Gasteiger partial charge in [0, 0.05) is 12.6 Å². The van der Waals surface area contributed by atoms with E-state index in [0.717, 1.165) is 5.56 Å². The van der Waals surface area contributed by atoms with Gasteiger partial charge in [-0.05, 0) is 32.0 Å². The van der Waals surface area contributed by atoms with Crippen molar-refractivity contribution in [2.45, 2.75) is 13.8 Å². The highest BCUT2D eigenvalue weighted by atomic mass is 19.1. The van der Waals surface area contributed by atoms with E-state index in [9.17, 15) is 9.18 Å². The Morgan fingerprint density at radius 3 is 2.52 bits per heavy atom. The van der Waals surface area contributed by atoms with Crippen LogP contribution in [-0.4, -0.2) is 30.5 Å². The van der Waals surface area contributed by atoms with Crippen LogP contribution in [0.1, 0.15) is 21.7 Å². The maximum absolute atomic E-state index is 14.3. The summed E-state index contributed by atoms with van der Waals surface area (Å²) >= 11 is 0. The molecule has 5 aromatic rings. The molecule has 8 heteroatoms. The molecule has 2 aromatic carbocycles. The number of pyridine rings is 1. The molecule has 3 heterocycles. The number of fused-ring (bicyclic) bond motifs is 1. The Bertz CT molecular complexity index is 1500. The van der Waals surface area contributed by atoms with Crippen LogP contribution >= 0.6 is 0 Å². The van der Waals surface area contributed by atoms with Gasteiger partial charge in [-0.1, -0.05) is 42.5 Å². The van der Waals surface area contributed by atoms with E-state index >= 15 is 0 Å². The second kappa shape index (κ2) is 7.98. The first-order valence-electron chi connectivity index (χ1n) is 10.4. The molecule has 0 aliphatic rings. The molecule has 0 saturated heterocycles. The zero-order chi connectivity index (χ0) is 23.1. The van der Waals surface area contributed by atoms with Crippen molar-refractivity contribution in [2.24, 2.45) is 7.05 Å². The van der Waals surface area contributed by atoms with E-state index in [1.165, 1.54) is 16.9 Å². The van der Waals surface area contributed by atoms with Crippen molar-refractivity contribution in [3.8, 4) is 16.9 Å². The molecule has 0 bridgehead atoms. The third-order valence-corrected chi connectivity index (χ3v) is 5.62. The topological polar surface area (TPSA) is 77.6 Å². The zero-order valence-electron chi connectivity index (χ0n) is 18.4. The maximum Gasteiger partial charge on any atom is 0.256 e. The van der Waals surface area contributed by atoms with Crippen LogP contribution in [0.15, 0.2) is 66.9 Å². The second-order valence-electron chi connectivity index (χ2n) is 7.79. The monoisotopic (exact) mass is 440 g/mol. The first-order valence-corrected chi connectivity index (χ1v) is 10.4. The number of amides is 1. The van der Waals surface area contributed by atoms with Gasteiger partial charge in [0.05, 0.1) is 39.9 Å². The van der Waals surface area contributed by atoms with Crippen molar-refractivity contribution in [2.75, 3.05) is 5.32 Å². The van der Waals surface area contributed by atoms with Crippen LogP contribution in [0.4, 0.5) is 10.1 Å². The molecular weight excluding hydrogens is 419 g/mol. The van der Waals surface area contributed by atoms with Crippen LogP contribution in [-0.2, 0) is 7.05 Å². The first-order chi connectivity index (χ1) is 15.9. The molecule has 0 saturated carbocycles. The smallest absolute Gasteiger partial charge is 0.256 e. The molecule has 0 unspecified atom stereocenters. The molecule has 33 heavy (non-hydrogen) atoms. The number of para-hydroxylation sites is 1. The lowest BCUT2D eigenvalue weighted by Crippen LogP contribution is -2.14. The SMILES string of the molecule is Cc1nn(C)c2nc(-c3ccccc3)cc(C(=O)Nc3cnn(-c4ccccc4F)c3C)c12. The highest BCUT2D eigenvalue weighted by Gasteiger charge is 2.21. The van der Waals surface area contributed by atoms with Gasteiger partial charge < -0.3 is 5.32 Å². The van der Waals surface area contributed by atoms with Crippen LogP contribution in [0, 0.1) is 19.7 Å². The number of carbonyl (C=O) groups excluding carboxylic acids is 1. The average molecular weight is 440 g/mol. The molecule has 0 aliphatic heterocycles. The van der Waals surface area contributed by atoms with Crippen LogP contribution < -0.4 is 5.32 Å². The van der Waals surface area contributed by atoms with Crippen molar-refractivity contribution in [1.29, 1.82) is 0 Å². The number of nitrogens with one attached hydrogen (secondary N) is 1. The van der Waals surface area contributed by atoms with E-state index in [0.29, 0.717) is 45.1 Å². The molecule has 0 fully saturated rings. The number of hydrogen-bond acceptors (Lipinski definition) is 4.